The van der Waals surface area contributed by atoms with Gasteiger partial charge in [0.1, 0.15) is 11.4 Å². The monoisotopic (exact) mass is 473 g/mol. The molecule has 0 saturated carbocycles. The second-order valence-corrected chi connectivity index (χ2v) is 9.76. The average Bonchev–Trinajstić information content (AvgIpc) is 3.17. The first-order valence-corrected chi connectivity index (χ1v) is 11.9. The number of fused-ring (bicyclic) bond motifs is 1. The molecule has 0 saturated heterocycles. The molecule has 8 nitrogen and oxygen atoms in total. The molecule has 0 atom stereocenters. The zero-order valence-electron chi connectivity index (χ0n) is 21.2. The highest BCUT2D eigenvalue weighted by molar-refractivity contribution is 5.64. The molecule has 0 unspecified atom stereocenters. The van der Waals surface area contributed by atoms with Crippen LogP contribution >= 0.6 is 0 Å². The third-order valence-corrected chi connectivity index (χ3v) is 6.12. The molecule has 1 aliphatic rings. The number of rotatable bonds is 9. The van der Waals surface area contributed by atoms with Crippen molar-refractivity contribution in [1.29, 1.82) is 0 Å². The first-order chi connectivity index (χ1) is 16.7. The summed E-state index contributed by atoms with van der Waals surface area (Å²) in [6.07, 6.45) is 3.70. The maximum atomic E-state index is 10.5. The van der Waals surface area contributed by atoms with Crippen LogP contribution in [0.15, 0.2) is 61.3 Å². The first kappa shape index (κ1) is 24.8. The average molecular weight is 474 g/mol. The smallest absolute Gasteiger partial charge is 0.229 e. The Kier molecular flexibility index (Phi) is 7.16. The molecular weight excluding hydrogens is 438 g/mol. The zero-order chi connectivity index (χ0) is 25.2. The summed E-state index contributed by atoms with van der Waals surface area (Å²) in [6.45, 7) is 13.9. The Morgan fingerprint density at radius 1 is 1.17 bits per heavy atom. The Hall–Kier alpha value is -3.33. The van der Waals surface area contributed by atoms with Gasteiger partial charge in [-0.2, -0.15) is 4.98 Å². The number of aliphatic hydroxyl groups is 1. The second-order valence-electron chi connectivity index (χ2n) is 9.76. The zero-order valence-corrected chi connectivity index (χ0v) is 21.2. The summed E-state index contributed by atoms with van der Waals surface area (Å²) in [5.41, 5.74) is 2.73. The number of nitrogens with one attached hydrogen (secondary N) is 1. The fourth-order valence-corrected chi connectivity index (χ4v) is 3.88. The molecule has 2 N–H and O–H groups in total. The van der Waals surface area contributed by atoms with Crippen LogP contribution in [0.1, 0.15) is 44.5 Å². The predicted molar refractivity (Wildman–Crippen MR) is 141 cm³/mol. The van der Waals surface area contributed by atoms with Crippen molar-refractivity contribution in [3.63, 3.8) is 0 Å². The molecule has 184 valence electrons. The largest absolute Gasteiger partial charge is 0.384 e. The van der Waals surface area contributed by atoms with Crippen LogP contribution in [0.2, 0.25) is 0 Å². The van der Waals surface area contributed by atoms with Crippen LogP contribution in [0.25, 0.3) is 0 Å². The van der Waals surface area contributed by atoms with Gasteiger partial charge in [-0.15, -0.1) is 6.58 Å². The van der Waals surface area contributed by atoms with E-state index in [2.05, 4.69) is 71.9 Å². The molecule has 3 aromatic rings. The number of hydrazine groups is 1. The molecule has 0 bridgehead atoms. The van der Waals surface area contributed by atoms with Gasteiger partial charge in [0.2, 0.25) is 5.95 Å². The van der Waals surface area contributed by atoms with Crippen molar-refractivity contribution in [3.8, 4) is 0 Å². The van der Waals surface area contributed by atoms with E-state index in [9.17, 15) is 5.11 Å². The van der Waals surface area contributed by atoms with Crippen molar-refractivity contribution in [2.75, 3.05) is 23.9 Å². The van der Waals surface area contributed by atoms with E-state index in [1.807, 2.05) is 35.5 Å². The molecule has 3 heterocycles. The number of hydrogen-bond donors (Lipinski definition) is 2. The van der Waals surface area contributed by atoms with Crippen LogP contribution in [-0.2, 0) is 18.7 Å². The third-order valence-electron chi connectivity index (χ3n) is 6.12. The SMILES string of the molecule is C=CCN1Cc2cnc(Nc3ccc(CN(C)C(C)C)cc3)nc2N1c1cccc(C(C)(C)O)n1. The van der Waals surface area contributed by atoms with Crippen LogP contribution < -0.4 is 10.3 Å². The van der Waals surface area contributed by atoms with E-state index in [1.54, 1.807) is 13.8 Å². The number of aromatic nitrogens is 3. The van der Waals surface area contributed by atoms with Crippen molar-refractivity contribution in [2.45, 2.75) is 52.4 Å². The Labute approximate surface area is 207 Å². The van der Waals surface area contributed by atoms with Gasteiger partial charge in [0.15, 0.2) is 5.82 Å². The van der Waals surface area contributed by atoms with Crippen LogP contribution in [0.4, 0.5) is 23.3 Å². The van der Waals surface area contributed by atoms with Gasteiger partial charge in [0, 0.05) is 43.1 Å². The van der Waals surface area contributed by atoms with Gasteiger partial charge in [-0.1, -0.05) is 24.3 Å². The van der Waals surface area contributed by atoms with Crippen LogP contribution in [0.5, 0.6) is 0 Å². The molecule has 8 heteroatoms. The van der Waals surface area contributed by atoms with Crippen molar-refractivity contribution >= 4 is 23.3 Å². The number of anilines is 4. The van der Waals surface area contributed by atoms with Gasteiger partial charge in [-0.3, -0.25) is 4.90 Å². The van der Waals surface area contributed by atoms with Crippen LogP contribution in [0, 0.1) is 0 Å². The summed E-state index contributed by atoms with van der Waals surface area (Å²) in [7, 11) is 2.13. The Morgan fingerprint density at radius 2 is 1.91 bits per heavy atom. The molecule has 2 aromatic heterocycles. The number of pyridine rings is 1. The number of hydrogen-bond acceptors (Lipinski definition) is 8. The van der Waals surface area contributed by atoms with Crippen molar-refractivity contribution in [2.24, 2.45) is 0 Å². The normalized spacial score (nSPS) is 14.0. The number of nitrogens with zero attached hydrogens (tertiary/aromatic N) is 6. The molecule has 0 amide bonds. The molecule has 1 aliphatic heterocycles. The van der Waals surface area contributed by atoms with Gasteiger partial charge in [0.25, 0.3) is 0 Å². The van der Waals surface area contributed by atoms with E-state index in [0.717, 1.165) is 23.6 Å². The first-order valence-electron chi connectivity index (χ1n) is 11.9. The predicted octanol–water partition coefficient (Wildman–Crippen LogP) is 4.74. The maximum Gasteiger partial charge on any atom is 0.229 e. The maximum absolute atomic E-state index is 10.5. The van der Waals surface area contributed by atoms with Gasteiger partial charge in [-0.25, -0.2) is 20.0 Å². The van der Waals surface area contributed by atoms with E-state index in [0.29, 0.717) is 36.6 Å². The Balaban J connectivity index is 1.60. The highest BCUT2D eigenvalue weighted by Gasteiger charge is 2.32. The van der Waals surface area contributed by atoms with Crippen LogP contribution in [-0.4, -0.2) is 49.6 Å². The van der Waals surface area contributed by atoms with Gasteiger partial charge >= 0.3 is 0 Å². The second kappa shape index (κ2) is 10.1. The van der Waals surface area contributed by atoms with Gasteiger partial charge < -0.3 is 10.4 Å². The van der Waals surface area contributed by atoms with E-state index in [4.69, 9.17) is 9.97 Å². The summed E-state index contributed by atoms with van der Waals surface area (Å²) in [5, 5.41) is 17.9. The van der Waals surface area contributed by atoms with Crippen molar-refractivity contribution in [1.82, 2.24) is 24.9 Å². The molecule has 0 radical (unpaired) electrons. The fraction of sp³-hybridized carbons (Fsp3) is 0.370. The van der Waals surface area contributed by atoms with E-state index in [1.165, 1.54) is 5.56 Å². The van der Waals surface area contributed by atoms with Gasteiger partial charge in [-0.05, 0) is 64.6 Å². The summed E-state index contributed by atoms with van der Waals surface area (Å²) in [5.74, 6) is 1.97. The molecule has 0 spiro atoms. The lowest BCUT2D eigenvalue weighted by atomic mass is 10.1. The van der Waals surface area contributed by atoms with Gasteiger partial charge in [0.05, 0.1) is 5.69 Å². The fourth-order valence-electron chi connectivity index (χ4n) is 3.88. The number of benzene rings is 1. The Morgan fingerprint density at radius 3 is 2.57 bits per heavy atom. The minimum absolute atomic E-state index is 0.495. The van der Waals surface area contributed by atoms with E-state index in [-0.39, 0.29) is 0 Å². The summed E-state index contributed by atoms with van der Waals surface area (Å²) >= 11 is 0. The standard InChI is InChI=1S/C27H35N7O/c1-7-15-33-18-21-16-28-26(29-22-13-11-20(12-14-22)17-32(6)19(2)3)31-25(21)34(33)24-10-8-9-23(30-24)27(4,5)35/h7-14,16,19,35H,1,15,17-18H2,2-6H3,(H,28,29,31). The lowest BCUT2D eigenvalue weighted by Crippen LogP contribution is -2.35. The molecular formula is C27H35N7O. The van der Waals surface area contributed by atoms with Crippen molar-refractivity contribution < 1.29 is 5.11 Å². The van der Waals surface area contributed by atoms with Crippen LogP contribution in [0.3, 0.4) is 0 Å². The minimum Gasteiger partial charge on any atom is -0.384 e. The topological polar surface area (TPSA) is 80.7 Å². The summed E-state index contributed by atoms with van der Waals surface area (Å²) < 4.78 is 0. The Bertz CT molecular complexity index is 1170. The van der Waals surface area contributed by atoms with Crippen molar-refractivity contribution in [3.05, 3.63) is 78.1 Å². The minimum atomic E-state index is -1.05. The molecule has 0 fully saturated rings. The van der Waals surface area contributed by atoms with E-state index < -0.39 is 5.60 Å². The molecule has 35 heavy (non-hydrogen) atoms. The summed E-state index contributed by atoms with van der Waals surface area (Å²) in [4.78, 5) is 16.4. The third kappa shape index (κ3) is 5.67. The highest BCUT2D eigenvalue weighted by atomic mass is 16.3. The lowest BCUT2D eigenvalue weighted by molar-refractivity contribution is 0.0738. The van der Waals surface area contributed by atoms with E-state index >= 15 is 0 Å². The molecule has 1 aromatic carbocycles. The summed E-state index contributed by atoms with van der Waals surface area (Å²) in [6, 6.07) is 14.5. The quantitative estimate of drug-likeness (QED) is 0.432. The highest BCUT2D eigenvalue weighted by Crippen LogP contribution is 2.36. The molecule has 0 aliphatic carbocycles. The lowest BCUT2D eigenvalue weighted by Gasteiger charge is -2.28. The molecule has 4 rings (SSSR count).